The molecule has 0 aromatic heterocycles. The minimum Gasteiger partial charge on any atom is -1.00 e. The summed E-state index contributed by atoms with van der Waals surface area (Å²) in [6.45, 7) is 0. The van der Waals surface area contributed by atoms with Gasteiger partial charge in [-0.2, -0.15) is 0 Å². The van der Waals surface area contributed by atoms with Crippen molar-refractivity contribution in [1.29, 1.82) is 0 Å². The Morgan fingerprint density at radius 1 is 1.25 bits per heavy atom. The van der Waals surface area contributed by atoms with Gasteiger partial charge >= 0.3 is 18.9 Å². The first-order valence-electron chi connectivity index (χ1n) is 0. The predicted octanol–water partition coefficient (Wildman–Crippen LogP) is -2.89. The van der Waals surface area contributed by atoms with Gasteiger partial charge in [-0.3, -0.25) is 0 Å². The molecule has 0 atom stereocenters. The Kier molecular flexibility index (Phi) is 173. The first-order chi connectivity index (χ1) is 0. The fourth-order valence-corrected chi connectivity index (χ4v) is 0. The van der Waals surface area contributed by atoms with E-state index in [9.17, 15) is 0 Å². The minimum absolute atomic E-state index is 0. The molecule has 0 N–H and O–H groups in total. The maximum absolute atomic E-state index is 0. The third-order valence-corrected chi connectivity index (χ3v) is 0. The largest absolute Gasteiger partial charge is 1.00 e. The second kappa shape index (κ2) is 19.4. The zero-order valence-electron chi connectivity index (χ0n) is 3.03. The molecular weight excluding hydrogens is 180 g/mol. The van der Waals surface area contributed by atoms with E-state index in [1.165, 1.54) is 0 Å². The molecule has 0 fully saturated rings. The van der Waals surface area contributed by atoms with Gasteiger partial charge in [0, 0.05) is 50.3 Å². The second-order valence-electron chi connectivity index (χ2n) is 0. The third kappa shape index (κ3) is 8.93. The minimum atomic E-state index is 0. The van der Waals surface area contributed by atoms with Gasteiger partial charge in [0.2, 0.25) is 0 Å². The van der Waals surface area contributed by atoms with Crippen molar-refractivity contribution in [2.75, 3.05) is 0 Å². The van der Waals surface area contributed by atoms with E-state index in [4.69, 9.17) is 0 Å². The van der Waals surface area contributed by atoms with E-state index in [-0.39, 0.29) is 70.6 Å². The average molecular weight is 181 g/mol. The van der Waals surface area contributed by atoms with Crippen molar-refractivity contribution in [3.05, 3.63) is 0 Å². The summed E-state index contributed by atoms with van der Waals surface area (Å²) in [5.74, 6) is 0. The van der Waals surface area contributed by atoms with Crippen molar-refractivity contribution in [1.82, 2.24) is 0 Å². The molecule has 0 heterocycles. The molecule has 0 aliphatic rings. The summed E-state index contributed by atoms with van der Waals surface area (Å²) >= 11 is 0. The van der Waals surface area contributed by atoms with Crippen LogP contribution >= 0.6 is 0 Å². The molecule has 0 aromatic carbocycles. The Hall–Kier alpha value is 2.12. The molecule has 0 unspecified atom stereocenters. The summed E-state index contributed by atoms with van der Waals surface area (Å²) in [4.78, 5) is 0. The fourth-order valence-electron chi connectivity index (χ4n) is 0. The first kappa shape index (κ1) is 35.7. The molecule has 4 heteroatoms. The Bertz CT molecular complexity index is 11.6. The molecule has 2 radical (unpaired) electrons. The van der Waals surface area contributed by atoms with Crippen molar-refractivity contribution in [3.63, 3.8) is 0 Å². The first-order valence-corrected chi connectivity index (χ1v) is 0. The topological polar surface area (TPSA) is 0 Å². The van der Waals surface area contributed by atoms with E-state index >= 15 is 0 Å². The van der Waals surface area contributed by atoms with Crippen LogP contribution in [0.15, 0.2) is 0 Å². The molecule has 0 saturated heterocycles. The number of hydrogen-bond donors (Lipinski definition) is 0. The van der Waals surface area contributed by atoms with Crippen molar-refractivity contribution in [3.8, 4) is 0 Å². The second-order valence-corrected chi connectivity index (χ2v) is 0. The van der Waals surface area contributed by atoms with Crippen LogP contribution in [0.4, 0.5) is 0 Å². The normalized spacial score (nSPS) is 0. The molecular formula is HCoLiMnNi. The van der Waals surface area contributed by atoms with Gasteiger partial charge in [-0.05, 0) is 0 Å². The SMILES string of the molecule is [Co].[H-].[Li+].[Mn].[Ni]. The molecule has 0 spiro atoms. The van der Waals surface area contributed by atoms with E-state index in [1.54, 1.807) is 0 Å². The van der Waals surface area contributed by atoms with E-state index in [1.807, 2.05) is 0 Å². The zero-order valence-corrected chi connectivity index (χ0v) is 5.24. The summed E-state index contributed by atoms with van der Waals surface area (Å²) in [6, 6.07) is 0. The van der Waals surface area contributed by atoms with Crippen LogP contribution in [0.5, 0.6) is 0 Å². The average Bonchev–Trinajstić information content (AvgIpc) is 0. The van der Waals surface area contributed by atoms with Crippen molar-refractivity contribution in [2.45, 2.75) is 0 Å². The van der Waals surface area contributed by atoms with Gasteiger partial charge in [0.1, 0.15) is 0 Å². The van der Waals surface area contributed by atoms with Crippen molar-refractivity contribution in [2.24, 2.45) is 0 Å². The number of rotatable bonds is 0. The van der Waals surface area contributed by atoms with Crippen LogP contribution in [0, 0.1) is 0 Å². The van der Waals surface area contributed by atoms with E-state index < -0.39 is 0 Å². The van der Waals surface area contributed by atoms with E-state index in [0.29, 0.717) is 0 Å². The van der Waals surface area contributed by atoms with Gasteiger partial charge in [0.25, 0.3) is 0 Å². The summed E-state index contributed by atoms with van der Waals surface area (Å²) in [7, 11) is 0. The molecule has 0 nitrogen and oxygen atoms in total. The molecule has 0 aliphatic carbocycles. The Labute approximate surface area is 70.1 Å². The van der Waals surface area contributed by atoms with Crippen molar-refractivity contribution >= 4 is 0 Å². The molecule has 0 rings (SSSR count). The van der Waals surface area contributed by atoms with Crippen LogP contribution in [0.3, 0.4) is 0 Å². The van der Waals surface area contributed by atoms with E-state index in [0.717, 1.165) is 0 Å². The Morgan fingerprint density at radius 2 is 1.25 bits per heavy atom. The van der Waals surface area contributed by atoms with Gasteiger partial charge in [-0.15, -0.1) is 0 Å². The summed E-state index contributed by atoms with van der Waals surface area (Å²) in [5.41, 5.74) is 0. The fraction of sp³-hybridized carbons (Fsp3) is 0. The monoisotopic (exact) mass is 180 g/mol. The molecule has 0 aliphatic heterocycles. The van der Waals surface area contributed by atoms with Crippen LogP contribution in [0.25, 0.3) is 0 Å². The van der Waals surface area contributed by atoms with Crippen LogP contribution < -0.4 is 18.9 Å². The van der Waals surface area contributed by atoms with Crippen molar-refractivity contribution < 1.29 is 70.6 Å². The zero-order chi connectivity index (χ0) is 0. The summed E-state index contributed by atoms with van der Waals surface area (Å²) < 4.78 is 0. The van der Waals surface area contributed by atoms with E-state index in [2.05, 4.69) is 0 Å². The molecule has 0 amide bonds. The van der Waals surface area contributed by atoms with Crippen LogP contribution in [0.1, 0.15) is 1.43 Å². The smallest absolute Gasteiger partial charge is 1.00 e. The summed E-state index contributed by atoms with van der Waals surface area (Å²) in [6.07, 6.45) is 0. The maximum Gasteiger partial charge on any atom is 1.00 e. The van der Waals surface area contributed by atoms with Gasteiger partial charge in [0.15, 0.2) is 0 Å². The Balaban J connectivity index is 0. The maximum atomic E-state index is 0. The molecule has 0 aromatic rings. The van der Waals surface area contributed by atoms with Crippen LogP contribution in [-0.2, 0) is 50.3 Å². The molecule has 28 valence electrons. The number of hydrogen-bond acceptors (Lipinski definition) is 0. The molecule has 0 saturated carbocycles. The standard InChI is InChI=1S/Co.Li.Mn.Ni.H/q;+1;;;-1. The van der Waals surface area contributed by atoms with Gasteiger partial charge in [0.05, 0.1) is 0 Å². The van der Waals surface area contributed by atoms with Gasteiger partial charge < -0.3 is 1.43 Å². The van der Waals surface area contributed by atoms with Gasteiger partial charge in [-0.25, -0.2) is 0 Å². The summed E-state index contributed by atoms with van der Waals surface area (Å²) in [5, 5.41) is 0. The molecule has 4 heavy (non-hydrogen) atoms. The van der Waals surface area contributed by atoms with Crippen LogP contribution in [-0.4, -0.2) is 0 Å². The van der Waals surface area contributed by atoms with Gasteiger partial charge in [-0.1, -0.05) is 0 Å². The Morgan fingerprint density at radius 3 is 1.25 bits per heavy atom. The molecule has 0 bridgehead atoms. The predicted molar refractivity (Wildman–Crippen MR) is 1.11 cm³/mol. The third-order valence-electron chi connectivity index (χ3n) is 0. The van der Waals surface area contributed by atoms with Crippen LogP contribution in [0.2, 0.25) is 0 Å². The quantitative estimate of drug-likeness (QED) is 0.351.